The highest BCUT2D eigenvalue weighted by molar-refractivity contribution is 5.81. The first-order chi connectivity index (χ1) is 12.9. The monoisotopic (exact) mass is 364 g/mol. The minimum Gasteiger partial charge on any atom is -0.350 e. The summed E-state index contributed by atoms with van der Waals surface area (Å²) < 4.78 is 0. The third-order valence-electron chi connectivity index (χ3n) is 4.62. The van der Waals surface area contributed by atoms with E-state index < -0.39 is 5.41 Å². The Morgan fingerprint density at radius 1 is 1.04 bits per heavy atom. The topological polar surface area (TPSA) is 50.4 Å². The van der Waals surface area contributed by atoms with Crippen LogP contribution in [0.25, 0.3) is 0 Å². The Kier molecular flexibility index (Phi) is 5.97. The third kappa shape index (κ3) is 5.44. The number of allylic oxidation sites excluding steroid dienone is 1. The van der Waals surface area contributed by atoms with Gasteiger partial charge < -0.3 is 5.32 Å². The number of carbonyl (C=O) groups excluding carboxylic acids is 1. The maximum absolute atomic E-state index is 12.6. The van der Waals surface area contributed by atoms with Crippen LogP contribution in [0.1, 0.15) is 31.9 Å². The van der Waals surface area contributed by atoms with Crippen LogP contribution < -0.4 is 10.8 Å². The van der Waals surface area contributed by atoms with E-state index in [1.165, 1.54) is 11.1 Å². The molecule has 0 saturated carbocycles. The summed E-state index contributed by atoms with van der Waals surface area (Å²) in [6, 6.07) is 20.3. The molecule has 2 aromatic rings. The van der Waals surface area contributed by atoms with Gasteiger partial charge in [-0.2, -0.15) is 0 Å². The van der Waals surface area contributed by atoms with E-state index in [0.29, 0.717) is 6.42 Å². The summed E-state index contributed by atoms with van der Waals surface area (Å²) >= 11 is 0. The van der Waals surface area contributed by atoms with Gasteiger partial charge in [-0.05, 0) is 23.6 Å². The first-order valence-corrected chi connectivity index (χ1v) is 9.43. The molecule has 2 atom stereocenters. The molecule has 0 bridgehead atoms. The average molecular weight is 364 g/mol. The van der Waals surface area contributed by atoms with Crippen LogP contribution >= 0.6 is 0 Å². The van der Waals surface area contributed by atoms with Crippen LogP contribution in [0, 0.1) is 5.41 Å². The van der Waals surface area contributed by atoms with Gasteiger partial charge in [0.1, 0.15) is 6.10 Å². The van der Waals surface area contributed by atoms with Crippen LogP contribution in [0.2, 0.25) is 0 Å². The van der Waals surface area contributed by atoms with Gasteiger partial charge in [0.05, 0.1) is 6.04 Å². The van der Waals surface area contributed by atoms with Crippen LogP contribution in [0.15, 0.2) is 72.4 Å². The lowest BCUT2D eigenvalue weighted by molar-refractivity contribution is -0.130. The van der Waals surface area contributed by atoms with Crippen molar-refractivity contribution in [1.82, 2.24) is 10.8 Å². The number of nitrogens with one attached hydrogen (secondary N) is 2. The van der Waals surface area contributed by atoms with Crippen LogP contribution in [0.5, 0.6) is 0 Å². The average Bonchev–Trinajstić information content (AvgIpc) is 3.10. The van der Waals surface area contributed by atoms with Crippen LogP contribution in [0.4, 0.5) is 0 Å². The summed E-state index contributed by atoms with van der Waals surface area (Å²) in [5.74, 6) is 0.0249. The summed E-state index contributed by atoms with van der Waals surface area (Å²) in [6.45, 7) is 5.77. The van der Waals surface area contributed by atoms with E-state index in [9.17, 15) is 4.79 Å². The van der Waals surface area contributed by atoms with E-state index in [-0.39, 0.29) is 18.1 Å². The largest absolute Gasteiger partial charge is 0.350 e. The van der Waals surface area contributed by atoms with Gasteiger partial charge in [-0.15, -0.1) is 0 Å². The minimum atomic E-state index is -0.447. The lowest BCUT2D eigenvalue weighted by atomic mass is 9.93. The van der Waals surface area contributed by atoms with Crippen molar-refractivity contribution < 1.29 is 9.63 Å². The number of benzene rings is 2. The van der Waals surface area contributed by atoms with Gasteiger partial charge in [0.15, 0.2) is 0 Å². The van der Waals surface area contributed by atoms with E-state index in [1.54, 1.807) is 0 Å². The maximum atomic E-state index is 12.6. The standard InChI is InChI=1S/C23H28N2O2/c1-23(2,3)22(26)24-20(15-18-12-8-5-9-13-18)21-16-19(25-27-21)14-17-10-6-4-7-11-17/h4-13,16,20-21,25H,14-15H2,1-3H3,(H,24,26). The zero-order valence-electron chi connectivity index (χ0n) is 16.2. The van der Waals surface area contributed by atoms with Gasteiger partial charge in [-0.1, -0.05) is 81.4 Å². The molecule has 2 aromatic carbocycles. The Balaban J connectivity index is 1.74. The van der Waals surface area contributed by atoms with Gasteiger partial charge >= 0.3 is 0 Å². The smallest absolute Gasteiger partial charge is 0.225 e. The number of hydroxylamine groups is 1. The first kappa shape index (κ1) is 19.2. The SMILES string of the molecule is CC(C)(C)C(=O)NC(Cc1ccccc1)C1C=C(Cc2ccccc2)NO1. The Hall–Kier alpha value is -2.59. The Morgan fingerprint density at radius 3 is 2.22 bits per heavy atom. The molecule has 3 rings (SSSR count). The van der Waals surface area contributed by atoms with Gasteiger partial charge in [-0.25, -0.2) is 0 Å². The van der Waals surface area contributed by atoms with Crippen molar-refractivity contribution in [3.63, 3.8) is 0 Å². The number of carbonyl (C=O) groups is 1. The molecule has 27 heavy (non-hydrogen) atoms. The molecular weight excluding hydrogens is 336 g/mol. The summed E-state index contributed by atoms with van der Waals surface area (Å²) in [5, 5.41) is 3.18. The van der Waals surface area contributed by atoms with E-state index in [4.69, 9.17) is 4.84 Å². The van der Waals surface area contributed by atoms with Crippen molar-refractivity contribution in [2.24, 2.45) is 5.41 Å². The predicted molar refractivity (Wildman–Crippen MR) is 108 cm³/mol. The fourth-order valence-corrected chi connectivity index (χ4v) is 3.02. The Morgan fingerprint density at radius 2 is 1.63 bits per heavy atom. The van der Waals surface area contributed by atoms with E-state index in [1.807, 2.05) is 57.2 Å². The molecule has 4 nitrogen and oxygen atoms in total. The van der Waals surface area contributed by atoms with Crippen LogP contribution in [-0.2, 0) is 22.5 Å². The molecule has 1 aliphatic rings. The molecular formula is C23H28N2O2. The van der Waals surface area contributed by atoms with Crippen molar-refractivity contribution in [3.05, 3.63) is 83.6 Å². The highest BCUT2D eigenvalue weighted by Crippen LogP contribution is 2.20. The second-order valence-corrected chi connectivity index (χ2v) is 8.06. The van der Waals surface area contributed by atoms with Gasteiger partial charge in [-0.3, -0.25) is 15.1 Å². The minimum absolute atomic E-state index is 0.0249. The lowest BCUT2D eigenvalue weighted by Gasteiger charge is -2.27. The molecule has 4 heteroatoms. The summed E-state index contributed by atoms with van der Waals surface area (Å²) in [6.07, 6.45) is 3.37. The number of rotatable bonds is 6. The first-order valence-electron chi connectivity index (χ1n) is 9.43. The molecule has 1 heterocycles. The van der Waals surface area contributed by atoms with Crippen LogP contribution in [0.3, 0.4) is 0 Å². The molecule has 1 aliphatic heterocycles. The van der Waals surface area contributed by atoms with Gasteiger partial charge in [0.2, 0.25) is 5.91 Å². The zero-order chi connectivity index (χ0) is 19.3. The fraction of sp³-hybridized carbons (Fsp3) is 0.348. The molecule has 0 saturated heterocycles. The van der Waals surface area contributed by atoms with Crippen molar-refractivity contribution in [2.45, 2.75) is 45.8 Å². The Bertz CT molecular complexity index is 779. The molecule has 2 N–H and O–H groups in total. The van der Waals surface area contributed by atoms with Crippen LogP contribution in [-0.4, -0.2) is 18.1 Å². The molecule has 0 radical (unpaired) electrons. The van der Waals surface area contributed by atoms with Crippen molar-refractivity contribution in [3.8, 4) is 0 Å². The lowest BCUT2D eigenvalue weighted by Crippen LogP contribution is -2.48. The normalized spacial score (nSPS) is 17.7. The molecule has 2 unspecified atom stereocenters. The molecule has 0 fully saturated rings. The highest BCUT2D eigenvalue weighted by atomic mass is 16.7. The van der Waals surface area contributed by atoms with Crippen molar-refractivity contribution in [1.29, 1.82) is 0 Å². The second-order valence-electron chi connectivity index (χ2n) is 8.06. The molecule has 0 aromatic heterocycles. The number of amides is 1. The third-order valence-corrected chi connectivity index (χ3v) is 4.62. The summed E-state index contributed by atoms with van der Waals surface area (Å²) in [5.41, 5.74) is 6.01. The Labute approximate surface area is 161 Å². The van der Waals surface area contributed by atoms with Gasteiger partial charge in [0.25, 0.3) is 0 Å². The maximum Gasteiger partial charge on any atom is 0.225 e. The molecule has 142 valence electrons. The summed E-state index contributed by atoms with van der Waals surface area (Å²) in [7, 11) is 0. The predicted octanol–water partition coefficient (Wildman–Crippen LogP) is 3.79. The second kappa shape index (κ2) is 8.40. The van der Waals surface area contributed by atoms with Crippen molar-refractivity contribution in [2.75, 3.05) is 0 Å². The number of hydrogen-bond donors (Lipinski definition) is 2. The molecule has 0 aliphatic carbocycles. The summed E-state index contributed by atoms with van der Waals surface area (Å²) in [4.78, 5) is 18.4. The number of hydrogen-bond acceptors (Lipinski definition) is 3. The highest BCUT2D eigenvalue weighted by Gasteiger charge is 2.31. The van der Waals surface area contributed by atoms with E-state index in [0.717, 1.165) is 12.1 Å². The fourth-order valence-electron chi connectivity index (χ4n) is 3.02. The quantitative estimate of drug-likeness (QED) is 0.820. The van der Waals surface area contributed by atoms with Crippen molar-refractivity contribution >= 4 is 5.91 Å². The molecule has 0 spiro atoms. The molecule has 1 amide bonds. The van der Waals surface area contributed by atoms with Gasteiger partial charge in [0, 0.05) is 17.5 Å². The van der Waals surface area contributed by atoms with E-state index in [2.05, 4.69) is 41.1 Å². The van der Waals surface area contributed by atoms with E-state index >= 15 is 0 Å². The zero-order valence-corrected chi connectivity index (χ0v) is 16.2.